The molecule has 176 valence electrons. The first kappa shape index (κ1) is 25.1. The van der Waals surface area contributed by atoms with E-state index >= 15 is 0 Å². The molecule has 0 saturated heterocycles. The van der Waals surface area contributed by atoms with Crippen LogP contribution in [0, 0.1) is 11.6 Å². The molecule has 0 aliphatic heterocycles. The highest BCUT2D eigenvalue weighted by molar-refractivity contribution is 8.02. The summed E-state index contributed by atoms with van der Waals surface area (Å²) >= 11 is 2.58. The molecule has 0 aliphatic rings. The van der Waals surface area contributed by atoms with Crippen LogP contribution in [0.1, 0.15) is 25.1 Å². The summed E-state index contributed by atoms with van der Waals surface area (Å²) in [4.78, 5) is 17.7. The number of halogens is 2. The first-order chi connectivity index (χ1) is 15.7. The number of carboxylic acids is 1. The van der Waals surface area contributed by atoms with Crippen molar-refractivity contribution in [1.82, 2.24) is 4.98 Å². The van der Waals surface area contributed by atoms with E-state index in [1.165, 1.54) is 35.2 Å². The Balaban J connectivity index is 1.62. The molecule has 2 aromatic carbocycles. The zero-order valence-electron chi connectivity index (χ0n) is 18.5. The van der Waals surface area contributed by atoms with Crippen molar-refractivity contribution in [3.8, 4) is 0 Å². The van der Waals surface area contributed by atoms with E-state index in [1.54, 1.807) is 13.8 Å². The summed E-state index contributed by atoms with van der Waals surface area (Å²) in [6.07, 6.45) is 0.528. The van der Waals surface area contributed by atoms with Gasteiger partial charge in [0, 0.05) is 31.0 Å². The van der Waals surface area contributed by atoms with Gasteiger partial charge in [0.15, 0.2) is 4.34 Å². The summed E-state index contributed by atoms with van der Waals surface area (Å²) in [6, 6.07) is 13.3. The summed E-state index contributed by atoms with van der Waals surface area (Å²) in [5.41, 5.74) is 2.15. The van der Waals surface area contributed by atoms with Crippen LogP contribution in [0.3, 0.4) is 0 Å². The van der Waals surface area contributed by atoms with E-state index in [4.69, 9.17) is 4.74 Å². The molecule has 33 heavy (non-hydrogen) atoms. The molecule has 1 heterocycles. The number of hydrogen-bond donors (Lipinski definition) is 1. The number of ether oxygens (including phenoxy) is 1. The molecule has 0 aliphatic carbocycles. The standard InChI is InChI=1S/C24H26F2N2O3S2/c1-24(2,22(29)30)33-23-27-19(16-32-23)10-11-28(21-9-8-18(25)14-20(21)26)12-13-31-15-17-6-4-3-5-7-17/h3-9,14,16H,10-13,15H2,1-2H3,(H,29,30). The second kappa shape index (κ2) is 11.6. The third-order valence-corrected chi connectivity index (χ3v) is 7.07. The average molecular weight is 493 g/mol. The predicted octanol–water partition coefficient (Wildman–Crippen LogP) is 5.64. The summed E-state index contributed by atoms with van der Waals surface area (Å²) in [5.74, 6) is -2.16. The molecule has 0 saturated carbocycles. The molecular formula is C24H26F2N2O3S2. The number of aliphatic carboxylic acids is 1. The van der Waals surface area contributed by atoms with Crippen molar-refractivity contribution < 1.29 is 23.4 Å². The minimum atomic E-state index is -0.978. The fourth-order valence-electron chi connectivity index (χ4n) is 2.99. The topological polar surface area (TPSA) is 62.7 Å². The minimum absolute atomic E-state index is 0.302. The van der Waals surface area contributed by atoms with Gasteiger partial charge in [-0.15, -0.1) is 11.3 Å². The van der Waals surface area contributed by atoms with Gasteiger partial charge in [-0.25, -0.2) is 13.8 Å². The molecule has 1 aromatic heterocycles. The molecule has 1 N–H and O–H groups in total. The Bertz CT molecular complexity index is 1060. The van der Waals surface area contributed by atoms with E-state index in [0.717, 1.165) is 17.3 Å². The van der Waals surface area contributed by atoms with Crippen LogP contribution in [0.15, 0.2) is 58.3 Å². The van der Waals surface area contributed by atoms with Gasteiger partial charge >= 0.3 is 5.97 Å². The van der Waals surface area contributed by atoms with Gasteiger partial charge in [-0.05, 0) is 31.5 Å². The lowest BCUT2D eigenvalue weighted by molar-refractivity contribution is -0.138. The van der Waals surface area contributed by atoms with Crippen molar-refractivity contribution >= 4 is 34.8 Å². The molecule has 0 bridgehead atoms. The van der Waals surface area contributed by atoms with Crippen LogP contribution in [0.4, 0.5) is 14.5 Å². The third kappa shape index (κ3) is 7.52. The van der Waals surface area contributed by atoms with E-state index in [0.29, 0.717) is 42.8 Å². The van der Waals surface area contributed by atoms with Gasteiger partial charge in [0.2, 0.25) is 0 Å². The van der Waals surface area contributed by atoms with Crippen LogP contribution in [-0.4, -0.2) is 40.5 Å². The van der Waals surface area contributed by atoms with Crippen LogP contribution in [0.2, 0.25) is 0 Å². The maximum absolute atomic E-state index is 14.5. The summed E-state index contributed by atoms with van der Waals surface area (Å²) < 4.78 is 33.3. The number of thiazole rings is 1. The Hall–Kier alpha value is -2.49. The smallest absolute Gasteiger partial charge is 0.319 e. The number of benzene rings is 2. The highest BCUT2D eigenvalue weighted by Crippen LogP contribution is 2.34. The number of rotatable bonds is 12. The van der Waals surface area contributed by atoms with Crippen molar-refractivity contribution in [2.45, 2.75) is 36.0 Å². The second-order valence-electron chi connectivity index (χ2n) is 7.89. The first-order valence-electron chi connectivity index (χ1n) is 10.4. The fraction of sp³-hybridized carbons (Fsp3) is 0.333. The normalized spacial score (nSPS) is 11.5. The molecule has 3 rings (SSSR count). The maximum atomic E-state index is 14.5. The Morgan fingerprint density at radius 1 is 1.18 bits per heavy atom. The van der Waals surface area contributed by atoms with Gasteiger partial charge in [0.05, 0.1) is 24.6 Å². The molecular weight excluding hydrogens is 466 g/mol. The molecule has 9 heteroatoms. The molecule has 0 atom stereocenters. The fourth-order valence-corrected chi connectivity index (χ4v) is 5.22. The Kier molecular flexibility index (Phi) is 8.82. The Labute approximate surface area is 200 Å². The van der Waals surface area contributed by atoms with Gasteiger partial charge in [-0.3, -0.25) is 4.79 Å². The molecule has 0 spiro atoms. The van der Waals surface area contributed by atoms with E-state index in [1.807, 2.05) is 40.6 Å². The molecule has 0 unspecified atom stereocenters. The second-order valence-corrected chi connectivity index (χ2v) is 10.6. The Morgan fingerprint density at radius 2 is 1.94 bits per heavy atom. The predicted molar refractivity (Wildman–Crippen MR) is 128 cm³/mol. The van der Waals surface area contributed by atoms with Crippen LogP contribution >= 0.6 is 23.1 Å². The molecule has 0 radical (unpaired) electrons. The summed E-state index contributed by atoms with van der Waals surface area (Å²) in [5, 5.41) is 11.2. The van der Waals surface area contributed by atoms with Gasteiger partial charge in [-0.1, -0.05) is 42.1 Å². The SMILES string of the molecule is CC(C)(Sc1nc(CCN(CCOCc2ccccc2)c2ccc(F)cc2F)cs1)C(=O)O. The van der Waals surface area contributed by atoms with Gasteiger partial charge in [0.1, 0.15) is 16.4 Å². The van der Waals surface area contributed by atoms with Crippen LogP contribution < -0.4 is 4.90 Å². The van der Waals surface area contributed by atoms with Crippen molar-refractivity contribution in [3.05, 3.63) is 76.8 Å². The lowest BCUT2D eigenvalue weighted by atomic mass is 10.2. The highest BCUT2D eigenvalue weighted by atomic mass is 32.2. The quantitative estimate of drug-likeness (QED) is 0.261. The first-order valence-corrected chi connectivity index (χ1v) is 12.1. The molecule has 0 amide bonds. The molecule has 0 fully saturated rings. The van der Waals surface area contributed by atoms with Crippen molar-refractivity contribution in [2.24, 2.45) is 0 Å². The summed E-state index contributed by atoms with van der Waals surface area (Å²) in [6.45, 7) is 4.97. The number of thioether (sulfide) groups is 1. The lowest BCUT2D eigenvalue weighted by Crippen LogP contribution is -2.30. The van der Waals surface area contributed by atoms with E-state index in [9.17, 15) is 18.7 Å². The lowest BCUT2D eigenvalue weighted by Gasteiger charge is -2.25. The zero-order valence-corrected chi connectivity index (χ0v) is 20.1. The van der Waals surface area contributed by atoms with E-state index < -0.39 is 22.4 Å². The van der Waals surface area contributed by atoms with Crippen molar-refractivity contribution in [3.63, 3.8) is 0 Å². The number of carboxylic acid groups (broad SMARTS) is 1. The van der Waals surface area contributed by atoms with E-state index in [-0.39, 0.29) is 0 Å². The van der Waals surface area contributed by atoms with Crippen molar-refractivity contribution in [1.29, 1.82) is 0 Å². The van der Waals surface area contributed by atoms with Gasteiger partial charge < -0.3 is 14.7 Å². The van der Waals surface area contributed by atoms with Gasteiger partial charge in [0.25, 0.3) is 0 Å². The molecule has 3 aromatic rings. The Morgan fingerprint density at radius 3 is 2.64 bits per heavy atom. The number of carbonyl (C=O) groups is 1. The van der Waals surface area contributed by atoms with E-state index in [2.05, 4.69) is 4.98 Å². The monoisotopic (exact) mass is 492 g/mol. The third-order valence-electron chi connectivity index (χ3n) is 4.89. The number of aromatic nitrogens is 1. The summed E-state index contributed by atoms with van der Waals surface area (Å²) in [7, 11) is 0. The number of anilines is 1. The van der Waals surface area contributed by atoms with Gasteiger partial charge in [-0.2, -0.15) is 0 Å². The highest BCUT2D eigenvalue weighted by Gasteiger charge is 2.29. The zero-order chi connectivity index (χ0) is 23.8. The van der Waals surface area contributed by atoms with Crippen LogP contribution in [0.5, 0.6) is 0 Å². The number of hydrogen-bond acceptors (Lipinski definition) is 6. The van der Waals surface area contributed by atoms with Crippen molar-refractivity contribution in [2.75, 3.05) is 24.6 Å². The average Bonchev–Trinajstić information content (AvgIpc) is 3.21. The van der Waals surface area contributed by atoms with Crippen LogP contribution in [0.25, 0.3) is 0 Å². The maximum Gasteiger partial charge on any atom is 0.319 e. The minimum Gasteiger partial charge on any atom is -0.480 e. The molecule has 5 nitrogen and oxygen atoms in total. The van der Waals surface area contributed by atoms with Crippen LogP contribution in [-0.2, 0) is 22.6 Å². The largest absolute Gasteiger partial charge is 0.480 e. The number of nitrogens with zero attached hydrogens (tertiary/aromatic N) is 2.